The fraction of sp³-hybridized carbons (Fsp3) is 0.697. The van der Waals surface area contributed by atoms with E-state index >= 15 is 0 Å². The molecule has 1 atom stereocenters. The summed E-state index contributed by atoms with van der Waals surface area (Å²) in [5, 5.41) is 3.50. The molecule has 0 bridgehead atoms. The third-order valence-electron chi connectivity index (χ3n) is 8.11. The van der Waals surface area contributed by atoms with E-state index in [9.17, 15) is 0 Å². The minimum Gasteiger partial charge on any atom is -1.00 e. The third kappa shape index (κ3) is 16.1. The Morgan fingerprint density at radius 1 is 0.632 bits per heavy atom. The molecule has 1 aliphatic rings. The fourth-order valence-corrected chi connectivity index (χ4v) is 9.18. The van der Waals surface area contributed by atoms with Crippen LogP contribution in [0.5, 0.6) is 0 Å². The zero-order valence-electron chi connectivity index (χ0n) is 24.7. The van der Waals surface area contributed by atoms with Crippen molar-refractivity contribution in [1.82, 2.24) is 0 Å². The molecule has 0 radical (unpaired) electrons. The van der Waals surface area contributed by atoms with Crippen molar-refractivity contribution in [3.8, 4) is 0 Å². The van der Waals surface area contributed by atoms with E-state index in [1.807, 2.05) is 5.20 Å². The third-order valence-corrected chi connectivity index (χ3v) is 11.4. The summed E-state index contributed by atoms with van der Waals surface area (Å²) < 4.78 is 1.65. The van der Waals surface area contributed by atoms with Crippen molar-refractivity contribution in [2.75, 3.05) is 0 Å². The number of hydrogen-bond acceptors (Lipinski definition) is 0. The van der Waals surface area contributed by atoms with E-state index in [4.69, 9.17) is 0 Å². The van der Waals surface area contributed by atoms with Crippen LogP contribution in [0.1, 0.15) is 143 Å². The normalized spacial score (nSPS) is 15.1. The molecular formula is C33H55Cl3SiTi. The van der Waals surface area contributed by atoms with E-state index in [2.05, 4.69) is 71.5 Å². The van der Waals surface area contributed by atoms with Crippen molar-refractivity contribution in [2.45, 2.75) is 143 Å². The Bertz CT molecular complexity index is 748. The number of rotatable bonds is 21. The van der Waals surface area contributed by atoms with Crippen molar-refractivity contribution < 1.29 is 57.7 Å². The summed E-state index contributed by atoms with van der Waals surface area (Å²) in [5.41, 5.74) is 3.45. The predicted molar refractivity (Wildman–Crippen MR) is 157 cm³/mol. The van der Waals surface area contributed by atoms with Gasteiger partial charge in [0, 0.05) is 0 Å². The molecule has 0 saturated carbocycles. The molecule has 5 heteroatoms. The molecule has 1 unspecified atom stereocenters. The first-order valence-electron chi connectivity index (χ1n) is 15.4. The van der Waals surface area contributed by atoms with E-state index in [0.29, 0.717) is 0 Å². The minimum absolute atomic E-state index is 0. The van der Waals surface area contributed by atoms with Crippen LogP contribution in [0.3, 0.4) is 0 Å². The van der Waals surface area contributed by atoms with Gasteiger partial charge in [-0.05, 0) is 0 Å². The van der Waals surface area contributed by atoms with Gasteiger partial charge in [-0.25, -0.2) is 0 Å². The second kappa shape index (κ2) is 26.4. The van der Waals surface area contributed by atoms with Crippen molar-refractivity contribution in [1.29, 1.82) is 0 Å². The molecule has 0 heterocycles. The summed E-state index contributed by atoms with van der Waals surface area (Å²) in [6, 6.07) is 11.4. The van der Waals surface area contributed by atoms with Crippen LogP contribution in [0.2, 0.25) is 0 Å². The molecule has 0 fully saturated rings. The molecule has 0 saturated heterocycles. The summed E-state index contributed by atoms with van der Waals surface area (Å²) >= 11 is 2.41. The van der Waals surface area contributed by atoms with Crippen LogP contribution in [0.25, 0.3) is 0 Å². The maximum atomic E-state index is 2.44. The molecule has 38 heavy (non-hydrogen) atoms. The van der Waals surface area contributed by atoms with Gasteiger partial charge in [0.2, 0.25) is 0 Å². The Morgan fingerprint density at radius 2 is 1.08 bits per heavy atom. The van der Waals surface area contributed by atoms with Gasteiger partial charge in [0.1, 0.15) is 0 Å². The van der Waals surface area contributed by atoms with Gasteiger partial charge < -0.3 is 37.2 Å². The molecule has 2 rings (SSSR count). The molecule has 1 aromatic carbocycles. The number of hydrogen-bond donors (Lipinski definition) is 0. The van der Waals surface area contributed by atoms with E-state index < -0.39 is 0 Å². The van der Waals surface area contributed by atoms with Gasteiger partial charge in [-0.2, -0.15) is 0 Å². The molecule has 0 aliphatic heterocycles. The summed E-state index contributed by atoms with van der Waals surface area (Å²) in [6.07, 6.45) is 27.2. The van der Waals surface area contributed by atoms with Crippen LogP contribution in [-0.4, -0.2) is 9.52 Å². The van der Waals surface area contributed by atoms with E-state index in [1.54, 1.807) is 20.2 Å². The Hall–Kier alpha value is 0.501. The number of allylic oxidation sites excluding steroid dienone is 4. The molecule has 1 aliphatic carbocycles. The largest absolute Gasteiger partial charge is 1.00 e. The van der Waals surface area contributed by atoms with Gasteiger partial charge in [-0.1, -0.05) is 58.3 Å². The molecule has 0 nitrogen and oxygen atoms in total. The van der Waals surface area contributed by atoms with Gasteiger partial charge in [0.15, 0.2) is 0 Å². The maximum Gasteiger partial charge on any atom is -1.00 e. The number of benzene rings is 1. The summed E-state index contributed by atoms with van der Waals surface area (Å²) in [4.78, 5) is 0. The number of halogens is 3. The van der Waals surface area contributed by atoms with Crippen LogP contribution < -0.4 is 42.4 Å². The average molecular weight is 634 g/mol. The van der Waals surface area contributed by atoms with Crippen molar-refractivity contribution in [3.05, 3.63) is 50.6 Å². The molecule has 0 amide bonds. The zero-order chi connectivity index (χ0) is 25.1. The second-order valence-electron chi connectivity index (χ2n) is 11.1. The van der Waals surface area contributed by atoms with E-state index in [1.165, 1.54) is 122 Å². The zero-order valence-corrected chi connectivity index (χ0v) is 30.0. The number of unbranched alkanes of at least 4 members (excludes halogenated alkanes) is 15. The van der Waals surface area contributed by atoms with Gasteiger partial charge in [0.05, 0.1) is 0 Å². The summed E-state index contributed by atoms with van der Waals surface area (Å²) in [6.45, 7) is 7.09. The minimum atomic E-state index is -0.343. The smallest absolute Gasteiger partial charge is 1.00 e. The van der Waals surface area contributed by atoms with E-state index in [-0.39, 0.29) is 46.7 Å². The van der Waals surface area contributed by atoms with Crippen molar-refractivity contribution in [2.24, 2.45) is 5.92 Å². The summed E-state index contributed by atoms with van der Waals surface area (Å²) in [7, 11) is -0.343. The first kappa shape index (κ1) is 40.6. The van der Waals surface area contributed by atoms with Crippen molar-refractivity contribution in [3.63, 3.8) is 0 Å². The Balaban J connectivity index is 0. The van der Waals surface area contributed by atoms with Crippen LogP contribution >= 0.6 is 0 Å². The molecule has 1 aromatic rings. The summed E-state index contributed by atoms with van der Waals surface area (Å²) in [5.74, 6) is 0.759. The van der Waals surface area contributed by atoms with Crippen LogP contribution in [-0.2, 0) is 20.4 Å². The standard InChI is InChI=1S/C33H55Si.3ClH.Ti/c1-4-6-7-8-9-10-11-12-13-14-15-16-17-18-19-23-27-32-29(3)28-30(24-5-2)33(32)34-31-25-21-20-22-26-31;;;;/h20-22,25-26,32H,4-19,23-24,27,34H2,1-3H3;3*1H;/q;;;;+3/p-3. The second-order valence-corrected chi connectivity index (χ2v) is 13.8. The van der Waals surface area contributed by atoms with Gasteiger partial charge in [0.25, 0.3) is 0 Å². The van der Waals surface area contributed by atoms with E-state index in [0.717, 1.165) is 5.92 Å². The first-order chi connectivity index (χ1) is 17.2. The van der Waals surface area contributed by atoms with Crippen molar-refractivity contribution >= 4 is 14.7 Å². The molecule has 0 N–H and O–H groups in total. The first-order valence-corrected chi connectivity index (χ1v) is 17.6. The van der Waals surface area contributed by atoms with Crippen LogP contribution in [0.4, 0.5) is 0 Å². The Kier molecular flexibility index (Phi) is 28.2. The monoisotopic (exact) mass is 632 g/mol. The van der Waals surface area contributed by atoms with Crippen LogP contribution in [0, 0.1) is 5.92 Å². The SMILES string of the molecule is CCCCCCCCCCCCCCCCCCC1C(C)=[C]([Ti+3])C(CCC)=C1[SiH2]c1ccccc1.[Cl-].[Cl-].[Cl-]. The maximum absolute atomic E-state index is 2.44. The average Bonchev–Trinajstić information content (AvgIpc) is 3.08. The predicted octanol–water partition coefficient (Wildman–Crippen LogP) is 0.649. The topological polar surface area (TPSA) is 0 Å². The fourth-order valence-electron chi connectivity index (χ4n) is 5.91. The van der Waals surface area contributed by atoms with Gasteiger partial charge in [-0.15, -0.1) is 0 Å². The van der Waals surface area contributed by atoms with Gasteiger partial charge in [-0.3, -0.25) is 0 Å². The van der Waals surface area contributed by atoms with Crippen LogP contribution in [0.15, 0.2) is 50.6 Å². The Labute approximate surface area is 269 Å². The molecular weight excluding hydrogens is 579 g/mol. The molecule has 0 aromatic heterocycles. The quantitative estimate of drug-likeness (QED) is 0.138. The van der Waals surface area contributed by atoms with Gasteiger partial charge >= 0.3 is 176 Å². The Morgan fingerprint density at radius 3 is 1.53 bits per heavy atom. The molecule has 0 spiro atoms. The molecule has 216 valence electrons.